The van der Waals surface area contributed by atoms with E-state index in [1.54, 1.807) is 12.1 Å². The number of rotatable bonds is 2. The van der Waals surface area contributed by atoms with Crippen molar-refractivity contribution in [1.29, 1.82) is 0 Å². The largest absolute Gasteiger partial charge is 0.466 e. The van der Waals surface area contributed by atoms with Gasteiger partial charge < -0.3 is 10.2 Å². The molecule has 2 N–H and O–H groups in total. The number of aryl methyl sites for hydroxylation is 2. The number of hydrogen-bond acceptors (Lipinski definition) is 2. The maximum absolute atomic E-state index is 13.1. The van der Waals surface area contributed by atoms with Gasteiger partial charge in [-0.2, -0.15) is 0 Å². The Labute approximate surface area is 108 Å². The first kappa shape index (κ1) is 12.3. The number of halogens is 2. The number of furan rings is 1. The molecule has 2 aromatic rings. The van der Waals surface area contributed by atoms with Gasteiger partial charge in [0, 0.05) is 5.56 Å². The van der Waals surface area contributed by atoms with Gasteiger partial charge in [-0.05, 0) is 53.5 Å². The summed E-state index contributed by atoms with van der Waals surface area (Å²) in [5, 5.41) is 0. The van der Waals surface area contributed by atoms with E-state index in [-0.39, 0.29) is 11.9 Å². The van der Waals surface area contributed by atoms with Crippen molar-refractivity contribution in [3.8, 4) is 0 Å². The molecule has 0 aliphatic rings. The van der Waals surface area contributed by atoms with Crippen molar-refractivity contribution < 1.29 is 8.81 Å². The molecule has 17 heavy (non-hydrogen) atoms. The lowest BCUT2D eigenvalue weighted by atomic mass is 10.00. The van der Waals surface area contributed by atoms with Gasteiger partial charge in [0.25, 0.3) is 0 Å². The monoisotopic (exact) mass is 297 g/mol. The molecule has 0 radical (unpaired) electrons. The summed E-state index contributed by atoms with van der Waals surface area (Å²) in [6, 6.07) is 6.40. The predicted molar refractivity (Wildman–Crippen MR) is 68.3 cm³/mol. The third-order valence-corrected chi connectivity index (χ3v) is 3.32. The highest BCUT2D eigenvalue weighted by atomic mass is 79.9. The Hall–Kier alpha value is -1.13. The molecule has 2 rings (SSSR count). The van der Waals surface area contributed by atoms with Crippen LogP contribution in [0.4, 0.5) is 4.39 Å². The number of nitrogens with two attached hydrogens (primary N) is 1. The fourth-order valence-corrected chi connectivity index (χ4v) is 2.24. The molecule has 1 unspecified atom stereocenters. The topological polar surface area (TPSA) is 39.2 Å². The molecule has 0 saturated carbocycles. The van der Waals surface area contributed by atoms with Gasteiger partial charge in [0.1, 0.15) is 17.3 Å². The zero-order chi connectivity index (χ0) is 12.6. The summed E-state index contributed by atoms with van der Waals surface area (Å²) in [7, 11) is 0. The van der Waals surface area contributed by atoms with E-state index in [4.69, 9.17) is 10.2 Å². The van der Waals surface area contributed by atoms with Crippen LogP contribution in [-0.2, 0) is 0 Å². The first-order chi connectivity index (χ1) is 7.99. The lowest BCUT2D eigenvalue weighted by molar-refractivity contribution is 0.499. The average Bonchev–Trinajstić information content (AvgIpc) is 2.61. The number of benzene rings is 1. The van der Waals surface area contributed by atoms with Gasteiger partial charge in [0.15, 0.2) is 0 Å². The van der Waals surface area contributed by atoms with E-state index >= 15 is 0 Å². The molecule has 0 amide bonds. The third kappa shape index (κ3) is 2.42. The lowest BCUT2D eigenvalue weighted by Crippen LogP contribution is -2.12. The average molecular weight is 298 g/mol. The second-order valence-corrected chi connectivity index (χ2v) is 4.87. The van der Waals surface area contributed by atoms with Gasteiger partial charge in [0.05, 0.1) is 10.5 Å². The standard InChI is InChI=1S/C13H13BrFNO/c1-7-5-10(8(2)17-7)13(16)9-3-4-12(15)11(14)6-9/h3-6,13H,16H2,1-2H3. The van der Waals surface area contributed by atoms with Crippen LogP contribution in [-0.4, -0.2) is 0 Å². The quantitative estimate of drug-likeness (QED) is 0.914. The van der Waals surface area contributed by atoms with Gasteiger partial charge in [-0.15, -0.1) is 0 Å². The Morgan fingerprint density at radius 1 is 1.29 bits per heavy atom. The molecule has 2 nitrogen and oxygen atoms in total. The van der Waals surface area contributed by atoms with Gasteiger partial charge in [-0.1, -0.05) is 6.07 Å². The van der Waals surface area contributed by atoms with Crippen molar-refractivity contribution in [2.75, 3.05) is 0 Å². The highest BCUT2D eigenvalue weighted by Crippen LogP contribution is 2.27. The van der Waals surface area contributed by atoms with Gasteiger partial charge >= 0.3 is 0 Å². The van der Waals surface area contributed by atoms with E-state index in [2.05, 4.69) is 15.9 Å². The second-order valence-electron chi connectivity index (χ2n) is 4.02. The van der Waals surface area contributed by atoms with Crippen LogP contribution >= 0.6 is 15.9 Å². The molecule has 0 saturated heterocycles. The second kappa shape index (κ2) is 4.63. The highest BCUT2D eigenvalue weighted by molar-refractivity contribution is 9.10. The molecule has 1 aromatic heterocycles. The SMILES string of the molecule is Cc1cc(C(N)c2ccc(F)c(Br)c2)c(C)o1. The first-order valence-electron chi connectivity index (χ1n) is 5.26. The van der Waals surface area contributed by atoms with Gasteiger partial charge in [-0.25, -0.2) is 4.39 Å². The van der Waals surface area contributed by atoms with Crippen molar-refractivity contribution in [3.05, 3.63) is 57.2 Å². The molecule has 4 heteroatoms. The maximum Gasteiger partial charge on any atom is 0.137 e. The van der Waals surface area contributed by atoms with Crippen LogP contribution in [0.5, 0.6) is 0 Å². The molecule has 1 aromatic carbocycles. The minimum absolute atomic E-state index is 0.291. The predicted octanol–water partition coefficient (Wildman–Crippen LogP) is 3.85. The fraction of sp³-hybridized carbons (Fsp3) is 0.231. The van der Waals surface area contributed by atoms with Crippen LogP contribution in [0.15, 0.2) is 33.2 Å². The van der Waals surface area contributed by atoms with E-state index in [0.29, 0.717) is 4.47 Å². The van der Waals surface area contributed by atoms with Crippen molar-refractivity contribution in [2.45, 2.75) is 19.9 Å². The molecule has 0 bridgehead atoms. The van der Waals surface area contributed by atoms with E-state index < -0.39 is 0 Å². The summed E-state index contributed by atoms with van der Waals surface area (Å²) in [6.45, 7) is 3.75. The molecule has 0 spiro atoms. The molecular formula is C13H13BrFNO. The fourth-order valence-electron chi connectivity index (χ4n) is 1.84. The summed E-state index contributed by atoms with van der Waals surface area (Å²) >= 11 is 3.16. The third-order valence-electron chi connectivity index (χ3n) is 2.72. The van der Waals surface area contributed by atoms with Crippen molar-refractivity contribution >= 4 is 15.9 Å². The van der Waals surface area contributed by atoms with Crippen LogP contribution in [0.1, 0.15) is 28.7 Å². The van der Waals surface area contributed by atoms with E-state index in [1.807, 2.05) is 19.9 Å². The molecule has 90 valence electrons. The summed E-state index contributed by atoms with van der Waals surface area (Å²) in [6.07, 6.45) is 0. The summed E-state index contributed by atoms with van der Waals surface area (Å²) in [5.41, 5.74) is 7.93. The zero-order valence-electron chi connectivity index (χ0n) is 9.63. The van der Waals surface area contributed by atoms with Crippen LogP contribution < -0.4 is 5.73 Å². The van der Waals surface area contributed by atoms with Crippen molar-refractivity contribution in [2.24, 2.45) is 5.73 Å². The van der Waals surface area contributed by atoms with Crippen LogP contribution in [0.2, 0.25) is 0 Å². The molecule has 1 heterocycles. The Morgan fingerprint density at radius 2 is 2.00 bits per heavy atom. The van der Waals surface area contributed by atoms with E-state index in [9.17, 15) is 4.39 Å². The summed E-state index contributed by atoms with van der Waals surface area (Å²) < 4.78 is 19.0. The normalized spacial score (nSPS) is 12.8. The molecule has 0 fully saturated rings. The first-order valence-corrected chi connectivity index (χ1v) is 6.06. The Kier molecular flexibility index (Phi) is 3.35. The van der Waals surface area contributed by atoms with Gasteiger partial charge in [0.2, 0.25) is 0 Å². The Morgan fingerprint density at radius 3 is 2.53 bits per heavy atom. The zero-order valence-corrected chi connectivity index (χ0v) is 11.2. The molecular weight excluding hydrogens is 285 g/mol. The highest BCUT2D eigenvalue weighted by Gasteiger charge is 2.16. The van der Waals surface area contributed by atoms with Crippen LogP contribution in [0.25, 0.3) is 0 Å². The smallest absolute Gasteiger partial charge is 0.137 e. The maximum atomic E-state index is 13.1. The van der Waals surface area contributed by atoms with Crippen LogP contribution in [0, 0.1) is 19.7 Å². The van der Waals surface area contributed by atoms with Gasteiger partial charge in [-0.3, -0.25) is 0 Å². The van der Waals surface area contributed by atoms with Crippen molar-refractivity contribution in [1.82, 2.24) is 0 Å². The van der Waals surface area contributed by atoms with Crippen LogP contribution in [0.3, 0.4) is 0 Å². The molecule has 0 aliphatic heterocycles. The summed E-state index contributed by atoms with van der Waals surface area (Å²) in [4.78, 5) is 0. The minimum Gasteiger partial charge on any atom is -0.466 e. The number of hydrogen-bond donors (Lipinski definition) is 1. The van der Waals surface area contributed by atoms with E-state index in [0.717, 1.165) is 22.6 Å². The van der Waals surface area contributed by atoms with E-state index in [1.165, 1.54) is 6.07 Å². The minimum atomic E-state index is -0.302. The van der Waals surface area contributed by atoms with Crippen molar-refractivity contribution in [3.63, 3.8) is 0 Å². The molecule has 1 atom stereocenters. The summed E-state index contributed by atoms with van der Waals surface area (Å²) in [5.74, 6) is 1.34. The Balaban J connectivity index is 2.40. The Bertz CT molecular complexity index is 550. The molecule has 0 aliphatic carbocycles. The lowest BCUT2D eigenvalue weighted by Gasteiger charge is -2.11.